The Balaban J connectivity index is 1.94. The molecule has 0 N–H and O–H groups in total. The van der Waals surface area contributed by atoms with Crippen molar-refractivity contribution in [3.8, 4) is 17.1 Å². The zero-order valence-electron chi connectivity index (χ0n) is 12.5. The number of fused-ring (bicyclic) bond motifs is 5. The molecule has 2 aromatic heterocycles. The zero-order valence-corrected chi connectivity index (χ0v) is 14.1. The van der Waals surface area contributed by atoms with Gasteiger partial charge in [0.25, 0.3) is 0 Å². The number of hydrogen-bond donors (Lipinski definition) is 0. The molecule has 0 radical (unpaired) electrons. The molecule has 0 aliphatic carbocycles. The van der Waals surface area contributed by atoms with Gasteiger partial charge in [0.2, 0.25) is 0 Å². The summed E-state index contributed by atoms with van der Waals surface area (Å²) in [5.74, 6) is 0.197. The van der Waals surface area contributed by atoms with Crippen molar-refractivity contribution in [1.29, 1.82) is 0 Å². The first-order chi connectivity index (χ1) is 11.3. The highest BCUT2D eigenvalue weighted by atomic mass is 79.9. The van der Waals surface area contributed by atoms with Crippen LogP contribution < -0.4 is 0 Å². The largest absolute Gasteiger partial charge is 0.396 e. The lowest BCUT2D eigenvalue weighted by Gasteiger charge is -2.09. The maximum Gasteiger partial charge on any atom is 0.396 e. The molecular weight excluding hydrogens is 387 g/mol. The van der Waals surface area contributed by atoms with Crippen molar-refractivity contribution in [3.05, 3.63) is 46.2 Å². The van der Waals surface area contributed by atoms with Gasteiger partial charge in [-0.3, -0.25) is 0 Å². The number of hydrogen-bond acceptors (Lipinski definition) is 3. The van der Waals surface area contributed by atoms with Crippen LogP contribution in [-0.2, 0) is 13.0 Å². The molecule has 0 bridgehead atoms. The molecule has 3 heterocycles. The number of imidazole rings is 1. The van der Waals surface area contributed by atoms with Crippen LogP contribution >= 0.6 is 15.9 Å². The molecule has 1 aliphatic rings. The van der Waals surface area contributed by atoms with Gasteiger partial charge in [0, 0.05) is 10.0 Å². The van der Waals surface area contributed by atoms with Crippen LogP contribution in [0.1, 0.15) is 17.2 Å². The molecule has 0 fully saturated rings. The van der Waals surface area contributed by atoms with Crippen molar-refractivity contribution in [1.82, 2.24) is 24.3 Å². The Morgan fingerprint density at radius 3 is 2.83 bits per heavy atom. The maximum absolute atomic E-state index is 12.7. The van der Waals surface area contributed by atoms with Crippen LogP contribution in [0.25, 0.3) is 17.1 Å². The Morgan fingerprint density at radius 1 is 1.29 bits per heavy atom. The average molecular weight is 398 g/mol. The number of alkyl halides is 3. The predicted molar refractivity (Wildman–Crippen MR) is 83.9 cm³/mol. The third-order valence-electron chi connectivity index (χ3n) is 3.91. The molecule has 24 heavy (non-hydrogen) atoms. The third-order valence-corrected chi connectivity index (χ3v) is 4.40. The number of benzene rings is 1. The minimum Gasteiger partial charge on any atom is -0.300 e. The lowest BCUT2D eigenvalue weighted by Crippen LogP contribution is -2.13. The first kappa shape index (κ1) is 15.4. The van der Waals surface area contributed by atoms with Gasteiger partial charge in [0.05, 0.1) is 29.9 Å². The Bertz CT molecular complexity index is 941. The van der Waals surface area contributed by atoms with Gasteiger partial charge in [0.1, 0.15) is 6.42 Å². The maximum atomic E-state index is 12.7. The number of rotatable bonds is 1. The van der Waals surface area contributed by atoms with Crippen LogP contribution in [0.15, 0.2) is 29.0 Å². The standard InChI is InChI=1S/C15H11BrF3N5/c1-8-12-6-24-14(21-13(22-24)5-15(17,18)19)10-4-9(16)2-3-11(10)23(12)7-20-8/h2-4,7H,5-6H2,1H3. The molecule has 1 aromatic carbocycles. The second-order valence-electron chi connectivity index (χ2n) is 5.61. The fraction of sp³-hybridized carbons (Fsp3) is 0.267. The van der Waals surface area contributed by atoms with E-state index in [0.717, 1.165) is 21.5 Å². The summed E-state index contributed by atoms with van der Waals surface area (Å²) >= 11 is 3.41. The van der Waals surface area contributed by atoms with Crippen molar-refractivity contribution >= 4 is 15.9 Å². The Morgan fingerprint density at radius 2 is 2.08 bits per heavy atom. The predicted octanol–water partition coefficient (Wildman–Crippen LogP) is 3.67. The molecular formula is C15H11BrF3N5. The number of aromatic nitrogens is 5. The van der Waals surface area contributed by atoms with Crippen LogP contribution in [0, 0.1) is 6.92 Å². The summed E-state index contributed by atoms with van der Waals surface area (Å²) < 4.78 is 42.3. The van der Waals surface area contributed by atoms with E-state index in [1.165, 1.54) is 4.68 Å². The van der Waals surface area contributed by atoms with Crippen LogP contribution in [0.2, 0.25) is 0 Å². The van der Waals surface area contributed by atoms with E-state index in [0.29, 0.717) is 17.9 Å². The second-order valence-corrected chi connectivity index (χ2v) is 6.53. The topological polar surface area (TPSA) is 48.5 Å². The minimum atomic E-state index is -4.34. The summed E-state index contributed by atoms with van der Waals surface area (Å²) in [4.78, 5) is 8.46. The van der Waals surface area contributed by atoms with E-state index in [4.69, 9.17) is 0 Å². The van der Waals surface area contributed by atoms with E-state index in [2.05, 4.69) is 31.0 Å². The van der Waals surface area contributed by atoms with E-state index in [-0.39, 0.29) is 5.82 Å². The van der Waals surface area contributed by atoms with Crippen LogP contribution in [0.4, 0.5) is 13.2 Å². The van der Waals surface area contributed by atoms with Gasteiger partial charge >= 0.3 is 6.18 Å². The minimum absolute atomic E-state index is 0.228. The molecule has 0 saturated carbocycles. The van der Waals surface area contributed by atoms with Crippen molar-refractivity contribution in [2.45, 2.75) is 26.1 Å². The summed E-state index contributed by atoms with van der Waals surface area (Å²) in [5, 5.41) is 4.07. The number of nitrogens with zero attached hydrogens (tertiary/aromatic N) is 5. The molecule has 1 aliphatic heterocycles. The van der Waals surface area contributed by atoms with Gasteiger partial charge in [0.15, 0.2) is 11.6 Å². The van der Waals surface area contributed by atoms with E-state index < -0.39 is 12.6 Å². The quantitative estimate of drug-likeness (QED) is 0.492. The highest BCUT2D eigenvalue weighted by Gasteiger charge is 2.32. The molecule has 3 aromatic rings. The van der Waals surface area contributed by atoms with E-state index in [9.17, 15) is 13.2 Å². The van der Waals surface area contributed by atoms with Crippen molar-refractivity contribution in [2.75, 3.05) is 0 Å². The van der Waals surface area contributed by atoms with E-state index in [1.807, 2.05) is 29.7 Å². The van der Waals surface area contributed by atoms with Gasteiger partial charge in [-0.25, -0.2) is 14.6 Å². The van der Waals surface area contributed by atoms with Gasteiger partial charge < -0.3 is 4.57 Å². The summed E-state index contributed by atoms with van der Waals surface area (Å²) in [5.41, 5.74) is 3.21. The normalized spacial score (nSPS) is 13.2. The lowest BCUT2D eigenvalue weighted by atomic mass is 10.1. The van der Waals surface area contributed by atoms with Crippen LogP contribution in [0.3, 0.4) is 0 Å². The summed E-state index contributed by atoms with van der Waals surface area (Å²) in [7, 11) is 0. The zero-order chi connectivity index (χ0) is 17.1. The third kappa shape index (κ3) is 2.52. The molecule has 0 atom stereocenters. The van der Waals surface area contributed by atoms with E-state index in [1.54, 1.807) is 6.33 Å². The molecule has 9 heteroatoms. The number of aryl methyl sites for hydroxylation is 1. The van der Waals surface area contributed by atoms with Crippen molar-refractivity contribution < 1.29 is 13.2 Å². The van der Waals surface area contributed by atoms with Gasteiger partial charge in [-0.15, -0.1) is 0 Å². The molecule has 4 rings (SSSR count). The van der Waals surface area contributed by atoms with Crippen molar-refractivity contribution in [2.24, 2.45) is 0 Å². The molecule has 124 valence electrons. The van der Waals surface area contributed by atoms with Crippen molar-refractivity contribution in [3.63, 3.8) is 0 Å². The summed E-state index contributed by atoms with van der Waals surface area (Å²) in [6.07, 6.45) is -3.78. The Labute approximate surface area is 143 Å². The molecule has 0 saturated heterocycles. The first-order valence-corrected chi connectivity index (χ1v) is 7.95. The smallest absolute Gasteiger partial charge is 0.300 e. The molecule has 0 amide bonds. The summed E-state index contributed by atoms with van der Waals surface area (Å²) in [6.45, 7) is 2.18. The second kappa shape index (κ2) is 5.17. The van der Waals surface area contributed by atoms with Gasteiger partial charge in [-0.05, 0) is 25.1 Å². The number of halogens is 4. The highest BCUT2D eigenvalue weighted by molar-refractivity contribution is 9.10. The Hall–Kier alpha value is -2.16. The van der Waals surface area contributed by atoms with Crippen LogP contribution in [-0.4, -0.2) is 30.5 Å². The van der Waals surface area contributed by atoms with Gasteiger partial charge in [-0.2, -0.15) is 18.3 Å². The first-order valence-electron chi connectivity index (χ1n) is 7.15. The molecule has 0 unspecified atom stereocenters. The van der Waals surface area contributed by atoms with E-state index >= 15 is 0 Å². The SMILES string of the molecule is Cc1ncn2c1Cn1nc(CC(F)(F)F)nc1-c1cc(Br)ccc1-2. The fourth-order valence-electron chi connectivity index (χ4n) is 2.85. The Kier molecular flexibility index (Phi) is 3.31. The molecule has 5 nitrogen and oxygen atoms in total. The lowest BCUT2D eigenvalue weighted by molar-refractivity contribution is -0.128. The summed E-state index contributed by atoms with van der Waals surface area (Å²) in [6, 6.07) is 5.59. The average Bonchev–Trinajstić information content (AvgIpc) is 2.99. The highest BCUT2D eigenvalue weighted by Crippen LogP contribution is 2.34. The van der Waals surface area contributed by atoms with Gasteiger partial charge in [-0.1, -0.05) is 15.9 Å². The molecule has 0 spiro atoms. The van der Waals surface area contributed by atoms with Crippen LogP contribution in [0.5, 0.6) is 0 Å². The fourth-order valence-corrected chi connectivity index (χ4v) is 3.21. The monoisotopic (exact) mass is 397 g/mol.